The molecular weight excluding hydrogens is 330 g/mol. The summed E-state index contributed by atoms with van der Waals surface area (Å²) in [7, 11) is 0. The number of rotatable bonds is 2. The number of alkyl halides is 6. The minimum Gasteiger partial charge on any atom is -0.478 e. The number of carboxylic acid groups (broad SMARTS) is 1. The SMILES string of the molecule is O=C(O)/C=C1/C=NC(c2cc(C(F)(F)F)cc(C(F)(F)F)c2)=N1. The van der Waals surface area contributed by atoms with Gasteiger partial charge >= 0.3 is 18.3 Å². The van der Waals surface area contributed by atoms with E-state index >= 15 is 0 Å². The molecule has 1 N–H and O–H groups in total. The number of benzene rings is 1. The molecule has 0 atom stereocenters. The van der Waals surface area contributed by atoms with Crippen LogP contribution in [-0.4, -0.2) is 23.1 Å². The maximum absolute atomic E-state index is 12.7. The Hall–Kier alpha value is -2.65. The summed E-state index contributed by atoms with van der Waals surface area (Å²) in [6, 6.07) is 0.918. The smallest absolute Gasteiger partial charge is 0.416 e. The largest absolute Gasteiger partial charge is 0.478 e. The van der Waals surface area contributed by atoms with Gasteiger partial charge in [-0.15, -0.1) is 0 Å². The van der Waals surface area contributed by atoms with Gasteiger partial charge in [0.05, 0.1) is 29.1 Å². The fourth-order valence-electron chi connectivity index (χ4n) is 1.73. The van der Waals surface area contributed by atoms with Crippen LogP contribution in [0.2, 0.25) is 0 Å². The number of nitrogens with zero attached hydrogens (tertiary/aromatic N) is 2. The fraction of sp³-hybridized carbons (Fsp3) is 0.154. The Morgan fingerprint density at radius 3 is 1.96 bits per heavy atom. The second kappa shape index (κ2) is 5.52. The van der Waals surface area contributed by atoms with Crippen LogP contribution in [0.4, 0.5) is 26.3 Å². The molecule has 0 unspecified atom stereocenters. The lowest BCUT2D eigenvalue weighted by Gasteiger charge is -2.13. The number of carboxylic acids is 1. The summed E-state index contributed by atoms with van der Waals surface area (Å²) in [4.78, 5) is 17.6. The van der Waals surface area contributed by atoms with Crippen molar-refractivity contribution in [3.05, 3.63) is 46.7 Å². The molecule has 0 spiro atoms. The van der Waals surface area contributed by atoms with Crippen LogP contribution in [-0.2, 0) is 17.1 Å². The minimum absolute atomic E-state index is 0.0171. The van der Waals surface area contributed by atoms with E-state index < -0.39 is 40.8 Å². The topological polar surface area (TPSA) is 62.0 Å². The fourth-order valence-corrected chi connectivity index (χ4v) is 1.73. The standard InChI is InChI=1S/C13H6F6N2O2/c14-12(15,16)7-1-6(2-8(3-7)13(17,18)19)11-20-5-9(21-11)4-10(22)23/h1-5H,(H,22,23)/b9-4-. The van der Waals surface area contributed by atoms with Crippen molar-refractivity contribution in [1.82, 2.24) is 0 Å². The monoisotopic (exact) mass is 336 g/mol. The minimum atomic E-state index is -4.99. The lowest BCUT2D eigenvalue weighted by atomic mass is 10.0. The normalized spacial score (nSPS) is 16.8. The zero-order valence-electron chi connectivity index (χ0n) is 10.9. The first-order chi connectivity index (χ1) is 10.5. The van der Waals surface area contributed by atoms with E-state index in [1.165, 1.54) is 0 Å². The lowest BCUT2D eigenvalue weighted by molar-refractivity contribution is -0.143. The maximum Gasteiger partial charge on any atom is 0.416 e. The maximum atomic E-state index is 12.7. The van der Waals surface area contributed by atoms with Crippen molar-refractivity contribution >= 4 is 18.0 Å². The number of carbonyl (C=O) groups is 1. The predicted molar refractivity (Wildman–Crippen MR) is 67.2 cm³/mol. The van der Waals surface area contributed by atoms with Gasteiger partial charge in [-0.25, -0.2) is 14.8 Å². The van der Waals surface area contributed by atoms with Gasteiger partial charge in [-0.05, 0) is 18.2 Å². The van der Waals surface area contributed by atoms with E-state index in [4.69, 9.17) is 5.11 Å². The lowest BCUT2D eigenvalue weighted by Crippen LogP contribution is -2.13. The molecule has 0 amide bonds. The Morgan fingerprint density at radius 1 is 1.00 bits per heavy atom. The van der Waals surface area contributed by atoms with E-state index in [1.54, 1.807) is 0 Å². The number of hydrogen-bond acceptors (Lipinski definition) is 3. The molecule has 0 aliphatic carbocycles. The first kappa shape index (κ1) is 16.7. The Morgan fingerprint density at radius 2 is 1.52 bits per heavy atom. The van der Waals surface area contributed by atoms with Crippen LogP contribution in [0.25, 0.3) is 0 Å². The van der Waals surface area contributed by atoms with E-state index in [0.29, 0.717) is 18.2 Å². The van der Waals surface area contributed by atoms with Crippen molar-refractivity contribution in [2.24, 2.45) is 9.98 Å². The summed E-state index contributed by atoms with van der Waals surface area (Å²) in [5.74, 6) is -1.81. The van der Waals surface area contributed by atoms with Gasteiger partial charge in [0.15, 0.2) is 5.84 Å². The van der Waals surface area contributed by atoms with Crippen LogP contribution in [0.1, 0.15) is 16.7 Å². The zero-order valence-corrected chi connectivity index (χ0v) is 10.9. The Bertz CT molecular complexity index is 712. The number of aliphatic carboxylic acids is 1. The third-order valence-electron chi connectivity index (χ3n) is 2.67. The Balaban J connectivity index is 2.56. The predicted octanol–water partition coefficient (Wildman–Crippen LogP) is 3.52. The van der Waals surface area contributed by atoms with Crippen molar-refractivity contribution in [1.29, 1.82) is 0 Å². The third kappa shape index (κ3) is 3.96. The molecule has 2 rings (SSSR count). The molecule has 122 valence electrons. The Labute approximate surface area is 124 Å². The summed E-state index contributed by atoms with van der Waals surface area (Å²) in [5, 5.41) is 8.53. The highest BCUT2D eigenvalue weighted by Gasteiger charge is 2.37. The van der Waals surface area contributed by atoms with E-state index in [0.717, 1.165) is 6.21 Å². The summed E-state index contributed by atoms with van der Waals surface area (Å²) < 4.78 is 76.4. The first-order valence-corrected chi connectivity index (χ1v) is 5.84. The highest BCUT2D eigenvalue weighted by Crippen LogP contribution is 2.36. The van der Waals surface area contributed by atoms with E-state index in [9.17, 15) is 31.1 Å². The van der Waals surface area contributed by atoms with Crippen LogP contribution in [0, 0.1) is 0 Å². The van der Waals surface area contributed by atoms with Crippen molar-refractivity contribution in [2.45, 2.75) is 12.4 Å². The average molecular weight is 336 g/mol. The second-order valence-electron chi connectivity index (χ2n) is 4.40. The molecule has 0 fully saturated rings. The van der Waals surface area contributed by atoms with Gasteiger partial charge in [0.25, 0.3) is 0 Å². The first-order valence-electron chi connectivity index (χ1n) is 5.84. The summed E-state index contributed by atoms with van der Waals surface area (Å²) in [5.41, 5.74) is -3.72. The van der Waals surface area contributed by atoms with Gasteiger partial charge in [0.1, 0.15) is 0 Å². The number of halogens is 6. The molecule has 1 aliphatic rings. The summed E-state index contributed by atoms with van der Waals surface area (Å²) >= 11 is 0. The van der Waals surface area contributed by atoms with Gasteiger partial charge in [0, 0.05) is 5.56 Å². The van der Waals surface area contributed by atoms with Crippen LogP contribution in [0.5, 0.6) is 0 Å². The highest BCUT2D eigenvalue weighted by molar-refractivity contribution is 6.11. The van der Waals surface area contributed by atoms with Gasteiger partial charge in [-0.3, -0.25) is 0 Å². The Kier molecular flexibility index (Phi) is 4.01. The van der Waals surface area contributed by atoms with E-state index in [1.807, 2.05) is 0 Å². The van der Waals surface area contributed by atoms with E-state index in [-0.39, 0.29) is 11.8 Å². The number of aliphatic imine (C=N–C) groups is 2. The van der Waals surface area contributed by atoms with Crippen LogP contribution < -0.4 is 0 Å². The van der Waals surface area contributed by atoms with Gasteiger partial charge < -0.3 is 5.11 Å². The van der Waals surface area contributed by atoms with E-state index in [2.05, 4.69) is 9.98 Å². The van der Waals surface area contributed by atoms with Crippen LogP contribution >= 0.6 is 0 Å². The molecule has 1 aliphatic heterocycles. The number of hydrogen-bond donors (Lipinski definition) is 1. The van der Waals surface area contributed by atoms with Gasteiger partial charge in [-0.1, -0.05) is 0 Å². The highest BCUT2D eigenvalue weighted by atomic mass is 19.4. The molecular formula is C13H6F6N2O2. The molecule has 10 heteroatoms. The zero-order chi connectivity index (χ0) is 17.4. The van der Waals surface area contributed by atoms with Crippen molar-refractivity contribution in [3.8, 4) is 0 Å². The molecule has 0 saturated heterocycles. The van der Waals surface area contributed by atoms with Gasteiger partial charge in [0.2, 0.25) is 0 Å². The molecule has 0 aromatic heterocycles. The van der Waals surface area contributed by atoms with Crippen molar-refractivity contribution < 1.29 is 36.2 Å². The molecule has 1 aromatic rings. The molecule has 4 nitrogen and oxygen atoms in total. The summed E-state index contributed by atoms with van der Waals surface area (Å²) in [6.07, 6.45) is -8.43. The van der Waals surface area contributed by atoms with Crippen molar-refractivity contribution in [2.75, 3.05) is 0 Å². The molecule has 0 radical (unpaired) electrons. The van der Waals surface area contributed by atoms with Gasteiger partial charge in [-0.2, -0.15) is 26.3 Å². The number of allylic oxidation sites excluding steroid dienone is 1. The quantitative estimate of drug-likeness (QED) is 0.663. The van der Waals surface area contributed by atoms with Crippen LogP contribution in [0.15, 0.2) is 40.0 Å². The van der Waals surface area contributed by atoms with Crippen LogP contribution in [0.3, 0.4) is 0 Å². The molecule has 0 saturated carbocycles. The number of amidine groups is 1. The molecule has 1 aromatic carbocycles. The average Bonchev–Trinajstić information content (AvgIpc) is 2.83. The molecule has 0 bridgehead atoms. The summed E-state index contributed by atoms with van der Waals surface area (Å²) in [6.45, 7) is 0. The third-order valence-corrected chi connectivity index (χ3v) is 2.67. The molecule has 23 heavy (non-hydrogen) atoms. The molecule has 1 heterocycles. The van der Waals surface area contributed by atoms with Crippen molar-refractivity contribution in [3.63, 3.8) is 0 Å². The second-order valence-corrected chi connectivity index (χ2v) is 4.40.